The van der Waals surface area contributed by atoms with Crippen molar-refractivity contribution in [3.05, 3.63) is 18.0 Å². The minimum Gasteiger partial charge on any atom is -0.285 e. The molecule has 0 aliphatic carbocycles. The number of nitrogens with zero attached hydrogens (tertiary/aromatic N) is 1. The molecule has 1 atom stereocenters. The molecule has 0 bridgehead atoms. The van der Waals surface area contributed by atoms with E-state index in [0.29, 0.717) is 0 Å². The smallest absolute Gasteiger partial charge is 0.0519 e. The van der Waals surface area contributed by atoms with E-state index in [9.17, 15) is 0 Å². The molecule has 0 aromatic carbocycles. The van der Waals surface area contributed by atoms with Crippen molar-refractivity contribution in [2.24, 2.45) is 5.92 Å². The largest absolute Gasteiger partial charge is 0.285 e. The van der Waals surface area contributed by atoms with Gasteiger partial charge in [-0.05, 0) is 29.9 Å². The van der Waals surface area contributed by atoms with Crippen LogP contribution >= 0.6 is 11.8 Å². The van der Waals surface area contributed by atoms with Crippen LogP contribution in [0.25, 0.3) is 0 Å². The summed E-state index contributed by atoms with van der Waals surface area (Å²) in [5.41, 5.74) is 1.31. The molecule has 0 spiro atoms. The standard InChI is InChI=1S/C8H14N2S/c1-7(6-11-2)3-8-4-9-10-5-8/h4-5,7H,3,6H2,1-2H3,(H,9,10). The Bertz CT molecular complexity index is 184. The van der Waals surface area contributed by atoms with E-state index >= 15 is 0 Å². The summed E-state index contributed by atoms with van der Waals surface area (Å²) < 4.78 is 0. The first-order valence-corrected chi connectivity index (χ1v) is 5.19. The highest BCUT2D eigenvalue weighted by atomic mass is 32.2. The maximum absolute atomic E-state index is 3.90. The summed E-state index contributed by atoms with van der Waals surface area (Å²) in [5, 5.41) is 6.72. The Kier molecular flexibility index (Phi) is 3.49. The maximum atomic E-state index is 3.90. The van der Waals surface area contributed by atoms with Gasteiger partial charge < -0.3 is 0 Å². The Morgan fingerprint density at radius 3 is 3.09 bits per heavy atom. The molecule has 1 aromatic rings. The molecule has 1 N–H and O–H groups in total. The zero-order valence-electron chi connectivity index (χ0n) is 7.00. The Balaban J connectivity index is 2.31. The number of nitrogens with one attached hydrogen (secondary N) is 1. The average molecular weight is 170 g/mol. The predicted molar refractivity (Wildman–Crippen MR) is 49.8 cm³/mol. The van der Waals surface area contributed by atoms with Crippen molar-refractivity contribution in [2.45, 2.75) is 13.3 Å². The molecule has 1 unspecified atom stereocenters. The molecule has 0 aliphatic rings. The van der Waals surface area contributed by atoms with Gasteiger partial charge in [0.05, 0.1) is 6.20 Å². The van der Waals surface area contributed by atoms with Crippen molar-refractivity contribution in [2.75, 3.05) is 12.0 Å². The van der Waals surface area contributed by atoms with E-state index in [1.165, 1.54) is 11.3 Å². The number of rotatable bonds is 4. The fraction of sp³-hybridized carbons (Fsp3) is 0.625. The summed E-state index contributed by atoms with van der Waals surface area (Å²) in [7, 11) is 0. The third kappa shape index (κ3) is 2.97. The van der Waals surface area contributed by atoms with Gasteiger partial charge in [-0.1, -0.05) is 6.92 Å². The maximum Gasteiger partial charge on any atom is 0.0519 e. The highest BCUT2D eigenvalue weighted by Crippen LogP contribution is 2.10. The van der Waals surface area contributed by atoms with Gasteiger partial charge in [-0.2, -0.15) is 16.9 Å². The summed E-state index contributed by atoms with van der Waals surface area (Å²) in [6.45, 7) is 2.27. The Labute approximate surface area is 71.8 Å². The van der Waals surface area contributed by atoms with Crippen LogP contribution in [0.5, 0.6) is 0 Å². The van der Waals surface area contributed by atoms with Crippen LogP contribution in [0.1, 0.15) is 12.5 Å². The molecule has 0 saturated carbocycles. The molecule has 3 heteroatoms. The summed E-state index contributed by atoms with van der Waals surface area (Å²) >= 11 is 1.90. The van der Waals surface area contributed by atoms with Crippen LogP contribution < -0.4 is 0 Å². The lowest BCUT2D eigenvalue weighted by Crippen LogP contribution is -2.01. The van der Waals surface area contributed by atoms with E-state index in [4.69, 9.17) is 0 Å². The van der Waals surface area contributed by atoms with Crippen LogP contribution in [0.15, 0.2) is 12.4 Å². The van der Waals surface area contributed by atoms with Gasteiger partial charge in [-0.3, -0.25) is 5.10 Å². The number of hydrogen-bond acceptors (Lipinski definition) is 2. The van der Waals surface area contributed by atoms with Crippen molar-refractivity contribution in [1.29, 1.82) is 0 Å². The Morgan fingerprint density at radius 1 is 1.73 bits per heavy atom. The summed E-state index contributed by atoms with van der Waals surface area (Å²) in [4.78, 5) is 0. The van der Waals surface area contributed by atoms with Crippen LogP contribution in [0, 0.1) is 5.92 Å². The number of aromatic nitrogens is 2. The SMILES string of the molecule is CSCC(C)Cc1cn[nH]c1. The normalized spacial score (nSPS) is 13.3. The third-order valence-corrected chi connectivity index (χ3v) is 2.49. The first kappa shape index (κ1) is 8.65. The molecular formula is C8H14N2S. The molecule has 1 heterocycles. The summed E-state index contributed by atoms with van der Waals surface area (Å²) in [6.07, 6.45) is 7.15. The second-order valence-corrected chi connectivity index (χ2v) is 3.78. The number of thioether (sulfide) groups is 1. The predicted octanol–water partition coefficient (Wildman–Crippen LogP) is 1.95. The lowest BCUT2D eigenvalue weighted by Gasteiger charge is -2.06. The number of H-pyrrole nitrogens is 1. The van der Waals surface area contributed by atoms with Gasteiger partial charge in [0.2, 0.25) is 0 Å². The van der Waals surface area contributed by atoms with Gasteiger partial charge in [0.15, 0.2) is 0 Å². The van der Waals surface area contributed by atoms with Gasteiger partial charge in [0.25, 0.3) is 0 Å². The second-order valence-electron chi connectivity index (χ2n) is 2.87. The minimum atomic E-state index is 0.752. The topological polar surface area (TPSA) is 28.7 Å². The molecule has 2 nitrogen and oxygen atoms in total. The number of hydrogen-bond donors (Lipinski definition) is 1. The lowest BCUT2D eigenvalue weighted by molar-refractivity contribution is 0.659. The van der Waals surface area contributed by atoms with E-state index in [2.05, 4.69) is 23.4 Å². The van der Waals surface area contributed by atoms with Crippen molar-refractivity contribution >= 4 is 11.8 Å². The molecule has 62 valence electrons. The van der Waals surface area contributed by atoms with E-state index in [-0.39, 0.29) is 0 Å². The number of aromatic amines is 1. The van der Waals surface area contributed by atoms with Crippen molar-refractivity contribution in [3.63, 3.8) is 0 Å². The van der Waals surface area contributed by atoms with Gasteiger partial charge in [-0.15, -0.1) is 0 Å². The van der Waals surface area contributed by atoms with E-state index < -0.39 is 0 Å². The Hall–Kier alpha value is -0.440. The first-order valence-electron chi connectivity index (χ1n) is 3.79. The molecule has 11 heavy (non-hydrogen) atoms. The summed E-state index contributed by atoms with van der Waals surface area (Å²) in [6, 6.07) is 0. The summed E-state index contributed by atoms with van der Waals surface area (Å²) in [5.74, 6) is 1.98. The molecule has 0 aliphatic heterocycles. The Morgan fingerprint density at radius 2 is 2.55 bits per heavy atom. The quantitative estimate of drug-likeness (QED) is 0.748. The molecular weight excluding hydrogens is 156 g/mol. The molecule has 0 saturated heterocycles. The monoisotopic (exact) mass is 170 g/mol. The fourth-order valence-corrected chi connectivity index (χ4v) is 1.82. The van der Waals surface area contributed by atoms with Crippen LogP contribution in [0.4, 0.5) is 0 Å². The zero-order valence-corrected chi connectivity index (χ0v) is 7.82. The van der Waals surface area contributed by atoms with Gasteiger partial charge in [-0.25, -0.2) is 0 Å². The van der Waals surface area contributed by atoms with Crippen LogP contribution in [-0.4, -0.2) is 22.2 Å². The van der Waals surface area contributed by atoms with Crippen LogP contribution in [0.3, 0.4) is 0 Å². The van der Waals surface area contributed by atoms with E-state index in [1.807, 2.05) is 24.2 Å². The second kappa shape index (κ2) is 4.44. The van der Waals surface area contributed by atoms with Gasteiger partial charge in [0, 0.05) is 6.20 Å². The van der Waals surface area contributed by atoms with Crippen LogP contribution in [-0.2, 0) is 6.42 Å². The first-order chi connectivity index (χ1) is 5.33. The molecule has 0 radical (unpaired) electrons. The molecule has 0 fully saturated rings. The minimum absolute atomic E-state index is 0.752. The van der Waals surface area contributed by atoms with Crippen molar-refractivity contribution in [3.8, 4) is 0 Å². The van der Waals surface area contributed by atoms with Crippen molar-refractivity contribution < 1.29 is 0 Å². The van der Waals surface area contributed by atoms with E-state index in [1.54, 1.807) is 0 Å². The molecule has 0 amide bonds. The van der Waals surface area contributed by atoms with Gasteiger partial charge in [0.1, 0.15) is 0 Å². The highest BCUT2D eigenvalue weighted by molar-refractivity contribution is 7.98. The molecule has 1 rings (SSSR count). The van der Waals surface area contributed by atoms with Crippen molar-refractivity contribution in [1.82, 2.24) is 10.2 Å². The zero-order chi connectivity index (χ0) is 8.10. The molecule has 1 aromatic heterocycles. The van der Waals surface area contributed by atoms with Crippen LogP contribution in [0.2, 0.25) is 0 Å². The third-order valence-electron chi connectivity index (χ3n) is 1.59. The lowest BCUT2D eigenvalue weighted by atomic mass is 10.1. The highest BCUT2D eigenvalue weighted by Gasteiger charge is 2.02. The van der Waals surface area contributed by atoms with Gasteiger partial charge >= 0.3 is 0 Å². The van der Waals surface area contributed by atoms with E-state index in [0.717, 1.165) is 12.3 Å². The fourth-order valence-electron chi connectivity index (χ4n) is 1.14. The average Bonchev–Trinajstić information content (AvgIpc) is 2.40.